The van der Waals surface area contributed by atoms with Crippen molar-refractivity contribution in [3.8, 4) is 11.3 Å². The summed E-state index contributed by atoms with van der Waals surface area (Å²) in [7, 11) is 0. The number of nitrogens with zero attached hydrogens (tertiary/aromatic N) is 1. The first-order chi connectivity index (χ1) is 7.72. The highest BCUT2D eigenvalue weighted by Crippen LogP contribution is 2.20. The van der Waals surface area contributed by atoms with E-state index in [1.807, 2.05) is 6.07 Å². The molecule has 3 rings (SSSR count). The maximum atomic E-state index is 11.1. The van der Waals surface area contributed by atoms with Gasteiger partial charge in [0.15, 0.2) is 0 Å². The van der Waals surface area contributed by atoms with Crippen LogP contribution >= 0.6 is 0 Å². The molecule has 3 aromatic rings. The lowest BCUT2D eigenvalue weighted by molar-refractivity contribution is 0.422. The second-order valence-electron chi connectivity index (χ2n) is 3.17. The molecule has 2 heterocycles. The highest BCUT2D eigenvalue weighted by atomic mass is 16.5. The van der Waals surface area contributed by atoms with E-state index in [1.54, 1.807) is 12.1 Å². The maximum absolute atomic E-state index is 11.1. The molecule has 0 spiro atoms. The Kier molecular flexibility index (Phi) is 1.34. The minimum absolute atomic E-state index is 0.0117. The summed E-state index contributed by atoms with van der Waals surface area (Å²) in [5.41, 5.74) is 2.58. The number of H-pyrrole nitrogens is 2. The van der Waals surface area contributed by atoms with Gasteiger partial charge in [-0.05, 0) is 12.1 Å². The minimum atomic E-state index is -0.242. The fraction of sp³-hybridized carbons (Fsp3) is 0. The molecule has 0 atom stereocenters. The van der Waals surface area contributed by atoms with Crippen molar-refractivity contribution < 1.29 is 5.89 Å². The Morgan fingerprint density at radius 3 is 2.93 bits per heavy atom. The summed E-state index contributed by atoms with van der Waals surface area (Å²) < 4.78 is 11.9. The van der Waals surface area contributed by atoms with E-state index in [4.69, 9.17) is 1.37 Å². The van der Waals surface area contributed by atoms with Crippen LogP contribution in [-0.4, -0.2) is 15.1 Å². The van der Waals surface area contributed by atoms with Crippen LogP contribution in [0.5, 0.6) is 0 Å². The van der Waals surface area contributed by atoms with Gasteiger partial charge in [0.2, 0.25) is 0 Å². The molecule has 5 nitrogen and oxygen atoms in total. The van der Waals surface area contributed by atoms with Gasteiger partial charge < -0.3 is 14.5 Å². The van der Waals surface area contributed by atoms with Crippen LogP contribution in [0, 0.1) is 0 Å². The number of aromatic amines is 2. The minimum Gasteiger partial charge on any atom is -0.364 e. The number of aromatic nitrogens is 3. The molecule has 5 heteroatoms. The average Bonchev–Trinajstić information content (AvgIpc) is 2.81. The van der Waals surface area contributed by atoms with E-state index in [0.717, 1.165) is 11.1 Å². The molecule has 74 valence electrons. The molecule has 15 heavy (non-hydrogen) atoms. The molecule has 0 amide bonds. The average molecular weight is 202 g/mol. The topological polar surface area (TPSA) is 74.7 Å². The number of fused-ring (bicyclic) bond motifs is 1. The molecule has 0 bridgehead atoms. The van der Waals surface area contributed by atoms with Crippen LogP contribution in [0.3, 0.4) is 0 Å². The van der Waals surface area contributed by atoms with Gasteiger partial charge in [0.25, 0.3) is 0 Å². The summed E-state index contributed by atoms with van der Waals surface area (Å²) in [6.07, 6.45) is 0.0117. The zero-order chi connectivity index (χ0) is 11.1. The molecular formula is C10H7N3O2. The standard InChI is InChI=1S/C10H7N3O2/c14-10-11-8-2-1-6(5-9(8)12-10)7-3-4-15-13-7/h1-5H,(H2,11,12,14)/i4D. The van der Waals surface area contributed by atoms with Gasteiger partial charge in [-0.2, -0.15) is 0 Å². The fourth-order valence-electron chi connectivity index (χ4n) is 1.51. The molecule has 0 fully saturated rings. The SMILES string of the molecule is [2H]c1cc(-c2ccc3[nH]c(=O)[nH]c3c2)no1. The lowest BCUT2D eigenvalue weighted by Gasteiger charge is -1.94. The summed E-state index contributed by atoms with van der Waals surface area (Å²) in [6, 6.07) is 6.89. The van der Waals surface area contributed by atoms with E-state index >= 15 is 0 Å². The number of hydrogen-bond acceptors (Lipinski definition) is 3. The molecule has 0 aliphatic rings. The van der Waals surface area contributed by atoms with Crippen LogP contribution in [-0.2, 0) is 0 Å². The summed E-state index contributed by atoms with van der Waals surface area (Å²) in [6.45, 7) is 0. The van der Waals surface area contributed by atoms with E-state index in [1.165, 1.54) is 6.07 Å². The highest BCUT2D eigenvalue weighted by molar-refractivity contribution is 5.80. The van der Waals surface area contributed by atoms with Crippen molar-refractivity contribution >= 4 is 11.0 Å². The van der Waals surface area contributed by atoms with Crippen LogP contribution in [0.25, 0.3) is 22.3 Å². The number of benzene rings is 1. The van der Waals surface area contributed by atoms with Crippen molar-refractivity contribution in [1.29, 1.82) is 0 Å². The van der Waals surface area contributed by atoms with Crippen molar-refractivity contribution in [2.75, 3.05) is 0 Å². The zero-order valence-corrected chi connectivity index (χ0v) is 7.57. The van der Waals surface area contributed by atoms with Crippen LogP contribution in [0.15, 0.2) is 39.8 Å². The summed E-state index contributed by atoms with van der Waals surface area (Å²) in [5, 5.41) is 3.73. The summed E-state index contributed by atoms with van der Waals surface area (Å²) in [5.74, 6) is 0. The van der Waals surface area contributed by atoms with Crippen LogP contribution in [0.1, 0.15) is 1.37 Å². The Hall–Kier alpha value is -2.30. The van der Waals surface area contributed by atoms with Crippen molar-refractivity contribution in [3.63, 3.8) is 0 Å². The van der Waals surface area contributed by atoms with Gasteiger partial charge in [0, 0.05) is 11.6 Å². The van der Waals surface area contributed by atoms with Gasteiger partial charge in [0.1, 0.15) is 13.3 Å². The molecule has 0 saturated heterocycles. The van der Waals surface area contributed by atoms with Gasteiger partial charge in [-0.15, -0.1) is 0 Å². The maximum Gasteiger partial charge on any atom is 0.323 e. The first-order valence-corrected chi connectivity index (χ1v) is 4.38. The third-order valence-electron chi connectivity index (χ3n) is 2.20. The van der Waals surface area contributed by atoms with Crippen molar-refractivity contribution in [3.05, 3.63) is 41.0 Å². The Labute approximate surface area is 85.1 Å². The molecule has 2 aromatic heterocycles. The largest absolute Gasteiger partial charge is 0.364 e. The van der Waals surface area contributed by atoms with E-state index in [9.17, 15) is 4.79 Å². The quantitative estimate of drug-likeness (QED) is 0.628. The van der Waals surface area contributed by atoms with Crippen LogP contribution in [0.4, 0.5) is 0 Å². The first-order valence-electron chi connectivity index (χ1n) is 4.88. The lowest BCUT2D eigenvalue weighted by atomic mass is 10.1. The summed E-state index contributed by atoms with van der Waals surface area (Å²) in [4.78, 5) is 16.4. The molecule has 0 unspecified atom stereocenters. The second-order valence-corrected chi connectivity index (χ2v) is 3.17. The molecule has 0 aliphatic carbocycles. The molecule has 1 aromatic carbocycles. The van der Waals surface area contributed by atoms with Gasteiger partial charge in [0.05, 0.1) is 11.0 Å². The van der Waals surface area contributed by atoms with Crippen LogP contribution in [0.2, 0.25) is 0 Å². The predicted octanol–water partition coefficient (Wildman–Crippen LogP) is 1.51. The molecule has 2 N–H and O–H groups in total. The Bertz CT molecular complexity index is 710. The van der Waals surface area contributed by atoms with E-state index in [-0.39, 0.29) is 11.9 Å². The normalized spacial score (nSPS) is 11.9. The number of nitrogens with one attached hydrogen (secondary N) is 2. The molecular weight excluding hydrogens is 194 g/mol. The number of rotatable bonds is 1. The monoisotopic (exact) mass is 202 g/mol. The van der Waals surface area contributed by atoms with Gasteiger partial charge in [-0.3, -0.25) is 0 Å². The Morgan fingerprint density at radius 1 is 1.27 bits per heavy atom. The highest BCUT2D eigenvalue weighted by Gasteiger charge is 2.03. The predicted molar refractivity (Wildman–Crippen MR) is 54.4 cm³/mol. The molecule has 0 radical (unpaired) electrons. The Balaban J connectivity index is 2.21. The van der Waals surface area contributed by atoms with Crippen LogP contribution < -0.4 is 5.69 Å². The number of hydrogen-bond donors (Lipinski definition) is 2. The van der Waals surface area contributed by atoms with Gasteiger partial charge >= 0.3 is 5.69 Å². The Morgan fingerprint density at radius 2 is 2.13 bits per heavy atom. The second kappa shape index (κ2) is 2.84. The van der Waals surface area contributed by atoms with Gasteiger partial charge in [-0.25, -0.2) is 4.79 Å². The van der Waals surface area contributed by atoms with Crippen molar-refractivity contribution in [1.82, 2.24) is 15.1 Å². The summed E-state index contributed by atoms with van der Waals surface area (Å²) >= 11 is 0. The molecule has 0 aliphatic heterocycles. The lowest BCUT2D eigenvalue weighted by Crippen LogP contribution is -1.99. The third-order valence-corrected chi connectivity index (χ3v) is 2.20. The van der Waals surface area contributed by atoms with Crippen molar-refractivity contribution in [2.24, 2.45) is 0 Å². The molecule has 0 saturated carbocycles. The zero-order valence-electron chi connectivity index (χ0n) is 8.57. The smallest absolute Gasteiger partial charge is 0.323 e. The van der Waals surface area contributed by atoms with E-state index < -0.39 is 0 Å². The fourth-order valence-corrected chi connectivity index (χ4v) is 1.51. The first kappa shape index (κ1) is 7.05. The van der Waals surface area contributed by atoms with E-state index in [2.05, 4.69) is 19.6 Å². The van der Waals surface area contributed by atoms with Gasteiger partial charge in [-0.1, -0.05) is 11.2 Å². The number of imidazole rings is 1. The van der Waals surface area contributed by atoms with E-state index in [0.29, 0.717) is 11.2 Å². The third kappa shape index (κ3) is 1.25. The van der Waals surface area contributed by atoms with Crippen molar-refractivity contribution in [2.45, 2.75) is 0 Å².